The first-order valence-electron chi connectivity index (χ1n) is 8.65. The lowest BCUT2D eigenvalue weighted by molar-refractivity contribution is 0.0768. The molecule has 0 radical (unpaired) electrons. The van der Waals surface area contributed by atoms with Crippen LogP contribution in [0, 0.1) is 0 Å². The van der Waals surface area contributed by atoms with Gasteiger partial charge in [0.25, 0.3) is 5.91 Å². The molecule has 5 heteroatoms. The summed E-state index contributed by atoms with van der Waals surface area (Å²) in [6, 6.07) is 10.4. The zero-order valence-electron chi connectivity index (χ0n) is 14.1. The van der Waals surface area contributed by atoms with Crippen molar-refractivity contribution in [1.29, 1.82) is 0 Å². The quantitative estimate of drug-likeness (QED) is 0.870. The monoisotopic (exact) mass is 322 g/mol. The molecule has 0 saturated carbocycles. The molecule has 1 atom stereocenters. The largest absolute Gasteiger partial charge is 0.329 e. The number of hydrogen-bond acceptors (Lipinski definition) is 3. The SMILES string of the molecule is CC(C)c1c2c(nn1Cc1ccccc1)C(=O)N1CCC[C@H]1C=N2. The number of nitrogens with zero attached hydrogens (tertiary/aromatic N) is 4. The molecule has 0 bridgehead atoms. The smallest absolute Gasteiger partial charge is 0.277 e. The maximum atomic E-state index is 12.9. The van der Waals surface area contributed by atoms with Crippen molar-refractivity contribution in [2.75, 3.05) is 6.54 Å². The molecule has 1 aromatic heterocycles. The van der Waals surface area contributed by atoms with Gasteiger partial charge < -0.3 is 4.90 Å². The van der Waals surface area contributed by atoms with Crippen LogP contribution >= 0.6 is 0 Å². The first-order chi connectivity index (χ1) is 11.6. The van der Waals surface area contributed by atoms with Gasteiger partial charge in [0.15, 0.2) is 5.69 Å². The molecule has 24 heavy (non-hydrogen) atoms. The summed E-state index contributed by atoms with van der Waals surface area (Å²) in [6.07, 6.45) is 3.98. The molecule has 3 heterocycles. The van der Waals surface area contributed by atoms with E-state index < -0.39 is 0 Å². The van der Waals surface area contributed by atoms with Gasteiger partial charge in [-0.25, -0.2) is 0 Å². The second-order valence-electron chi connectivity index (χ2n) is 6.87. The average molecular weight is 322 g/mol. The van der Waals surface area contributed by atoms with Crippen molar-refractivity contribution in [2.24, 2.45) is 4.99 Å². The van der Waals surface area contributed by atoms with Gasteiger partial charge in [-0.15, -0.1) is 0 Å². The molecular formula is C19H22N4O. The Balaban J connectivity index is 1.80. The van der Waals surface area contributed by atoms with Crippen LogP contribution in [0.2, 0.25) is 0 Å². The molecule has 0 aliphatic carbocycles. The molecule has 0 N–H and O–H groups in total. The van der Waals surface area contributed by atoms with Gasteiger partial charge in [-0.05, 0) is 24.3 Å². The Morgan fingerprint density at radius 1 is 1.25 bits per heavy atom. The molecule has 1 saturated heterocycles. The minimum absolute atomic E-state index is 0.0266. The van der Waals surface area contributed by atoms with Crippen LogP contribution in [-0.2, 0) is 6.54 Å². The highest BCUT2D eigenvalue weighted by Crippen LogP contribution is 2.35. The van der Waals surface area contributed by atoms with E-state index in [0.29, 0.717) is 12.2 Å². The Morgan fingerprint density at radius 3 is 2.79 bits per heavy atom. The van der Waals surface area contributed by atoms with E-state index in [-0.39, 0.29) is 17.9 Å². The Kier molecular flexibility index (Phi) is 3.71. The van der Waals surface area contributed by atoms with Gasteiger partial charge in [-0.3, -0.25) is 14.5 Å². The normalized spacial score (nSPS) is 19.5. The Labute approximate surface area is 142 Å². The summed E-state index contributed by atoms with van der Waals surface area (Å²) in [6.45, 7) is 5.72. The summed E-state index contributed by atoms with van der Waals surface area (Å²) in [5.74, 6) is 0.279. The third kappa shape index (κ3) is 2.44. The number of hydrogen-bond donors (Lipinski definition) is 0. The maximum absolute atomic E-state index is 12.9. The lowest BCUT2D eigenvalue weighted by atomic mass is 10.1. The molecule has 2 aromatic rings. The van der Waals surface area contributed by atoms with Gasteiger partial charge in [0, 0.05) is 12.8 Å². The van der Waals surface area contributed by atoms with Gasteiger partial charge in [-0.1, -0.05) is 44.2 Å². The third-order valence-electron chi connectivity index (χ3n) is 4.83. The van der Waals surface area contributed by atoms with E-state index in [4.69, 9.17) is 4.99 Å². The summed E-state index contributed by atoms with van der Waals surface area (Å²) in [7, 11) is 0. The van der Waals surface area contributed by atoms with Crippen molar-refractivity contribution in [3.8, 4) is 0 Å². The van der Waals surface area contributed by atoms with Crippen molar-refractivity contribution < 1.29 is 4.79 Å². The molecule has 124 valence electrons. The van der Waals surface area contributed by atoms with Gasteiger partial charge >= 0.3 is 0 Å². The van der Waals surface area contributed by atoms with Gasteiger partial charge in [0.2, 0.25) is 0 Å². The second-order valence-corrected chi connectivity index (χ2v) is 6.87. The molecule has 2 aliphatic rings. The first kappa shape index (κ1) is 15.1. The molecule has 1 amide bonds. The fraction of sp³-hybridized carbons (Fsp3) is 0.421. The Bertz CT molecular complexity index is 791. The highest BCUT2D eigenvalue weighted by atomic mass is 16.2. The van der Waals surface area contributed by atoms with Crippen LogP contribution in [0.15, 0.2) is 35.3 Å². The topological polar surface area (TPSA) is 50.5 Å². The number of benzene rings is 1. The Hall–Kier alpha value is -2.43. The highest BCUT2D eigenvalue weighted by molar-refractivity contribution is 6.01. The Morgan fingerprint density at radius 2 is 2.04 bits per heavy atom. The van der Waals surface area contributed by atoms with E-state index in [2.05, 4.69) is 31.1 Å². The van der Waals surface area contributed by atoms with E-state index in [0.717, 1.165) is 30.8 Å². The number of rotatable bonds is 3. The van der Waals surface area contributed by atoms with Crippen LogP contribution in [0.4, 0.5) is 5.69 Å². The molecule has 1 fully saturated rings. The fourth-order valence-corrected chi connectivity index (χ4v) is 3.68. The second kappa shape index (κ2) is 5.89. The van der Waals surface area contributed by atoms with Crippen LogP contribution in [-0.4, -0.2) is 39.4 Å². The van der Waals surface area contributed by atoms with Gasteiger partial charge in [0.05, 0.1) is 18.3 Å². The molecule has 2 aliphatic heterocycles. The van der Waals surface area contributed by atoms with E-state index in [9.17, 15) is 4.79 Å². The first-order valence-corrected chi connectivity index (χ1v) is 8.65. The van der Waals surface area contributed by atoms with E-state index in [1.807, 2.05) is 34.0 Å². The summed E-state index contributed by atoms with van der Waals surface area (Å²) < 4.78 is 1.95. The summed E-state index contributed by atoms with van der Waals surface area (Å²) in [4.78, 5) is 19.5. The van der Waals surface area contributed by atoms with Crippen LogP contribution in [0.1, 0.15) is 54.4 Å². The summed E-state index contributed by atoms with van der Waals surface area (Å²) >= 11 is 0. The van der Waals surface area contributed by atoms with Crippen molar-refractivity contribution in [1.82, 2.24) is 14.7 Å². The minimum atomic E-state index is 0.0266. The molecule has 5 nitrogen and oxygen atoms in total. The van der Waals surface area contributed by atoms with Crippen LogP contribution in [0.3, 0.4) is 0 Å². The average Bonchev–Trinajstić information content (AvgIpc) is 3.15. The predicted octanol–water partition coefficient (Wildman–Crippen LogP) is 3.38. The summed E-state index contributed by atoms with van der Waals surface area (Å²) in [5.41, 5.74) is 3.49. The van der Waals surface area contributed by atoms with E-state index >= 15 is 0 Å². The van der Waals surface area contributed by atoms with Crippen LogP contribution in [0.25, 0.3) is 0 Å². The summed E-state index contributed by atoms with van der Waals surface area (Å²) in [5, 5.41) is 4.68. The lowest BCUT2D eigenvalue weighted by Gasteiger charge is -2.18. The maximum Gasteiger partial charge on any atom is 0.277 e. The standard InChI is InChI=1S/C19H22N4O/c1-13(2)18-16-17(19(24)22-10-6-9-15(22)11-20-16)21-23(18)12-14-7-4-3-5-8-14/h3-5,7-8,11,13,15H,6,9-10,12H2,1-2H3/t15-/m0/s1. The zero-order valence-corrected chi connectivity index (χ0v) is 14.1. The van der Waals surface area contributed by atoms with Crippen LogP contribution < -0.4 is 0 Å². The number of aliphatic imine (C=N–C) groups is 1. The lowest BCUT2D eigenvalue weighted by Crippen LogP contribution is -2.35. The minimum Gasteiger partial charge on any atom is -0.329 e. The van der Waals surface area contributed by atoms with Gasteiger partial charge in [0.1, 0.15) is 5.69 Å². The van der Waals surface area contributed by atoms with Crippen molar-refractivity contribution >= 4 is 17.8 Å². The highest BCUT2D eigenvalue weighted by Gasteiger charge is 2.35. The molecule has 1 aromatic carbocycles. The zero-order chi connectivity index (χ0) is 16.7. The van der Waals surface area contributed by atoms with E-state index in [1.54, 1.807) is 0 Å². The number of fused-ring (bicyclic) bond motifs is 2. The van der Waals surface area contributed by atoms with Gasteiger partial charge in [-0.2, -0.15) is 5.10 Å². The predicted molar refractivity (Wildman–Crippen MR) is 94.1 cm³/mol. The number of carbonyl (C=O) groups excluding carboxylic acids is 1. The molecule has 0 unspecified atom stereocenters. The molecular weight excluding hydrogens is 300 g/mol. The fourth-order valence-electron chi connectivity index (χ4n) is 3.68. The third-order valence-corrected chi connectivity index (χ3v) is 4.83. The number of amides is 1. The molecule has 4 rings (SSSR count). The van der Waals surface area contributed by atoms with Crippen molar-refractivity contribution in [3.05, 3.63) is 47.3 Å². The van der Waals surface area contributed by atoms with Crippen LogP contribution in [0.5, 0.6) is 0 Å². The number of carbonyl (C=O) groups is 1. The van der Waals surface area contributed by atoms with E-state index in [1.165, 1.54) is 5.56 Å². The number of aromatic nitrogens is 2. The van der Waals surface area contributed by atoms with Crippen molar-refractivity contribution in [2.45, 2.75) is 45.2 Å². The molecule has 0 spiro atoms. The van der Waals surface area contributed by atoms with Crippen molar-refractivity contribution in [3.63, 3.8) is 0 Å².